The minimum absolute atomic E-state index is 0.000259. The van der Waals surface area contributed by atoms with Gasteiger partial charge in [-0.05, 0) is 96.7 Å². The Kier molecular flexibility index (Phi) is 5.74. The van der Waals surface area contributed by atoms with E-state index in [4.69, 9.17) is 9.47 Å². The predicted molar refractivity (Wildman–Crippen MR) is 142 cm³/mol. The highest BCUT2D eigenvalue weighted by atomic mass is 16.5. The van der Waals surface area contributed by atoms with Crippen LogP contribution in [0.1, 0.15) is 106 Å². The molecule has 0 N–H and O–H groups in total. The van der Waals surface area contributed by atoms with Gasteiger partial charge in [-0.2, -0.15) is 0 Å². The molecule has 4 heteroatoms. The third-order valence-corrected chi connectivity index (χ3v) is 13.6. The van der Waals surface area contributed by atoms with Gasteiger partial charge < -0.3 is 9.47 Å². The van der Waals surface area contributed by atoms with Gasteiger partial charge >= 0.3 is 5.97 Å². The first-order valence-corrected chi connectivity index (χ1v) is 14.5. The SMILES string of the molecule is COC(=O)C12CCC3C(C)(CCC4(C)C5CC(C)(C)CCC5(C)CCC34C)C1C(OC)=CC(=O)C2C. The molecule has 36 heavy (non-hydrogen) atoms. The molecular weight excluding hydrogens is 448 g/mol. The van der Waals surface area contributed by atoms with Gasteiger partial charge in [-0.15, -0.1) is 0 Å². The number of carbonyl (C=O) groups is 2. The van der Waals surface area contributed by atoms with Crippen LogP contribution in [0.15, 0.2) is 11.8 Å². The molecule has 4 nitrogen and oxygen atoms in total. The molecule has 0 aromatic heterocycles. The molecule has 5 aliphatic carbocycles. The zero-order chi connectivity index (χ0) is 26.5. The summed E-state index contributed by atoms with van der Waals surface area (Å²) in [6, 6.07) is 0. The largest absolute Gasteiger partial charge is 0.501 e. The van der Waals surface area contributed by atoms with E-state index in [0.717, 1.165) is 18.8 Å². The minimum atomic E-state index is -0.836. The average molecular weight is 499 g/mol. The zero-order valence-electron chi connectivity index (χ0n) is 24.4. The molecule has 9 unspecified atom stereocenters. The van der Waals surface area contributed by atoms with Gasteiger partial charge in [0, 0.05) is 17.9 Å². The molecule has 0 heterocycles. The van der Waals surface area contributed by atoms with Crippen molar-refractivity contribution in [2.75, 3.05) is 14.2 Å². The van der Waals surface area contributed by atoms with Gasteiger partial charge in [0.25, 0.3) is 0 Å². The number of ether oxygens (including phenoxy) is 2. The fraction of sp³-hybridized carbons (Fsp3) is 0.875. The van der Waals surface area contributed by atoms with Crippen LogP contribution in [0.3, 0.4) is 0 Å². The lowest BCUT2D eigenvalue weighted by atomic mass is 9.30. The van der Waals surface area contributed by atoms with E-state index in [9.17, 15) is 9.59 Å². The van der Waals surface area contributed by atoms with Crippen molar-refractivity contribution >= 4 is 11.8 Å². The van der Waals surface area contributed by atoms with E-state index in [2.05, 4.69) is 41.5 Å². The molecule has 9 atom stereocenters. The van der Waals surface area contributed by atoms with Gasteiger partial charge in [-0.3, -0.25) is 9.59 Å². The second-order valence-electron chi connectivity index (χ2n) is 15.3. The number of hydrogen-bond acceptors (Lipinski definition) is 4. The number of esters is 1. The highest BCUT2D eigenvalue weighted by molar-refractivity contribution is 5.98. The third-order valence-electron chi connectivity index (χ3n) is 13.6. The van der Waals surface area contributed by atoms with Gasteiger partial charge in [0.2, 0.25) is 0 Å². The maximum atomic E-state index is 13.6. The van der Waals surface area contributed by atoms with Gasteiger partial charge in [-0.25, -0.2) is 0 Å². The Balaban J connectivity index is 1.64. The molecule has 0 aromatic rings. The lowest BCUT2D eigenvalue weighted by Crippen LogP contribution is -2.69. The summed E-state index contributed by atoms with van der Waals surface area (Å²) in [5.74, 6) is 1.20. The molecule has 5 rings (SSSR count). The van der Waals surface area contributed by atoms with Crippen molar-refractivity contribution in [3.05, 3.63) is 11.8 Å². The molecule has 0 spiro atoms. The van der Waals surface area contributed by atoms with E-state index in [1.165, 1.54) is 45.6 Å². The van der Waals surface area contributed by atoms with E-state index in [1.807, 2.05) is 6.92 Å². The first kappa shape index (κ1) is 26.3. The Morgan fingerprint density at radius 1 is 0.861 bits per heavy atom. The first-order valence-electron chi connectivity index (χ1n) is 14.5. The van der Waals surface area contributed by atoms with Gasteiger partial charge in [0.15, 0.2) is 5.78 Å². The zero-order valence-corrected chi connectivity index (χ0v) is 24.4. The molecular formula is C32H50O4. The second-order valence-corrected chi connectivity index (χ2v) is 15.3. The Hall–Kier alpha value is -1.32. The van der Waals surface area contributed by atoms with Crippen molar-refractivity contribution in [1.82, 2.24) is 0 Å². The van der Waals surface area contributed by atoms with E-state index in [-0.39, 0.29) is 39.8 Å². The van der Waals surface area contributed by atoms with E-state index >= 15 is 0 Å². The Morgan fingerprint density at radius 2 is 1.47 bits per heavy atom. The fourth-order valence-electron chi connectivity index (χ4n) is 11.2. The van der Waals surface area contributed by atoms with Crippen LogP contribution >= 0.6 is 0 Å². The molecule has 0 aromatic carbocycles. The monoisotopic (exact) mass is 498 g/mol. The Morgan fingerprint density at radius 3 is 2.11 bits per heavy atom. The van der Waals surface area contributed by atoms with E-state index < -0.39 is 5.41 Å². The average Bonchev–Trinajstić information content (AvgIpc) is 2.83. The van der Waals surface area contributed by atoms with Crippen LogP contribution in [0.5, 0.6) is 0 Å². The summed E-state index contributed by atoms with van der Waals surface area (Å²) in [5.41, 5.74) is 0.367. The quantitative estimate of drug-likeness (QED) is 0.373. The lowest BCUT2D eigenvalue weighted by Gasteiger charge is -2.74. The smallest absolute Gasteiger partial charge is 0.313 e. The summed E-state index contributed by atoms with van der Waals surface area (Å²) >= 11 is 0. The first-order chi connectivity index (χ1) is 16.7. The van der Waals surface area contributed by atoms with Gasteiger partial charge in [0.1, 0.15) is 5.76 Å². The van der Waals surface area contributed by atoms with Crippen molar-refractivity contribution < 1.29 is 19.1 Å². The Bertz CT molecular complexity index is 996. The lowest BCUT2D eigenvalue weighted by molar-refractivity contribution is -0.255. The van der Waals surface area contributed by atoms with Crippen LogP contribution in [0.25, 0.3) is 0 Å². The predicted octanol–water partition coefficient (Wildman–Crippen LogP) is 7.36. The molecule has 5 aliphatic rings. The van der Waals surface area contributed by atoms with Gasteiger partial charge in [-0.1, -0.05) is 48.5 Å². The third kappa shape index (κ3) is 3.05. The van der Waals surface area contributed by atoms with Crippen molar-refractivity contribution in [2.45, 2.75) is 106 Å². The van der Waals surface area contributed by atoms with Crippen LogP contribution in [0.2, 0.25) is 0 Å². The molecule has 0 amide bonds. The number of carbonyl (C=O) groups excluding carboxylic acids is 2. The van der Waals surface area contributed by atoms with Crippen LogP contribution in [-0.4, -0.2) is 26.0 Å². The summed E-state index contributed by atoms with van der Waals surface area (Å²) in [6.45, 7) is 17.2. The van der Waals surface area contributed by atoms with E-state index in [0.29, 0.717) is 28.9 Å². The van der Waals surface area contributed by atoms with Crippen molar-refractivity contribution in [3.63, 3.8) is 0 Å². The molecule has 4 fully saturated rings. The maximum Gasteiger partial charge on any atom is 0.313 e. The molecule has 0 radical (unpaired) electrons. The Labute approximate surface area is 219 Å². The maximum absolute atomic E-state index is 13.6. The normalized spacial score (nSPS) is 51.6. The summed E-state index contributed by atoms with van der Waals surface area (Å²) in [5, 5.41) is 0. The van der Waals surface area contributed by atoms with Gasteiger partial charge in [0.05, 0.1) is 19.6 Å². The molecule has 202 valence electrons. The summed E-state index contributed by atoms with van der Waals surface area (Å²) in [6.07, 6.45) is 12.2. The minimum Gasteiger partial charge on any atom is -0.501 e. The number of allylic oxidation sites excluding steroid dienone is 2. The van der Waals surface area contributed by atoms with Crippen molar-refractivity contribution in [3.8, 4) is 0 Å². The summed E-state index contributed by atoms with van der Waals surface area (Å²) in [7, 11) is 3.16. The van der Waals surface area contributed by atoms with Crippen molar-refractivity contribution in [1.29, 1.82) is 0 Å². The number of fused-ring (bicyclic) bond motifs is 7. The molecule has 0 saturated heterocycles. The van der Waals surface area contributed by atoms with Crippen LogP contribution in [0, 0.1) is 56.2 Å². The molecule has 4 saturated carbocycles. The standard InChI is InChI=1S/C32H50O4/c1-20-21(33)18-22(35-8)25-29(5)15-17-31(7)24-19-27(2,3)12-13-28(24,4)14-16-30(31,6)23(29)10-11-32(20,25)26(34)36-9/h18,20,23-25H,10-17,19H2,1-9H3. The topological polar surface area (TPSA) is 52.6 Å². The summed E-state index contributed by atoms with van der Waals surface area (Å²) in [4.78, 5) is 26.8. The number of ketones is 1. The number of rotatable bonds is 2. The summed E-state index contributed by atoms with van der Waals surface area (Å²) < 4.78 is 11.4. The van der Waals surface area contributed by atoms with Crippen LogP contribution < -0.4 is 0 Å². The highest BCUT2D eigenvalue weighted by Crippen LogP contribution is 2.78. The number of methoxy groups -OCH3 is 2. The van der Waals surface area contributed by atoms with Crippen LogP contribution in [0.4, 0.5) is 0 Å². The second kappa shape index (κ2) is 7.85. The fourth-order valence-corrected chi connectivity index (χ4v) is 11.2. The van der Waals surface area contributed by atoms with Crippen LogP contribution in [-0.2, 0) is 19.1 Å². The van der Waals surface area contributed by atoms with Crippen molar-refractivity contribution in [2.24, 2.45) is 56.2 Å². The molecule has 0 bridgehead atoms. The highest BCUT2D eigenvalue weighted by Gasteiger charge is 2.74. The molecule has 0 aliphatic heterocycles. The number of hydrogen-bond donors (Lipinski definition) is 0. The van der Waals surface area contributed by atoms with E-state index in [1.54, 1.807) is 13.2 Å².